The van der Waals surface area contributed by atoms with Crippen molar-refractivity contribution in [2.24, 2.45) is 0 Å². The smallest absolute Gasteiger partial charge is 0.229 e. The summed E-state index contributed by atoms with van der Waals surface area (Å²) in [5.41, 5.74) is 2.85. The van der Waals surface area contributed by atoms with E-state index in [0.717, 1.165) is 44.0 Å². The van der Waals surface area contributed by atoms with E-state index in [2.05, 4.69) is 15.0 Å². The SMILES string of the molecule is Cc1noc(Cl)c1CCC(=O)N1CCN(Cc2ccncc2)CC1. The Labute approximate surface area is 146 Å². The fourth-order valence-electron chi connectivity index (χ4n) is 2.93. The van der Waals surface area contributed by atoms with E-state index in [0.29, 0.717) is 18.1 Å². The number of pyridine rings is 1. The van der Waals surface area contributed by atoms with Crippen LogP contribution in [0.25, 0.3) is 0 Å². The van der Waals surface area contributed by atoms with Crippen molar-refractivity contribution in [2.45, 2.75) is 26.3 Å². The first-order valence-corrected chi connectivity index (χ1v) is 8.51. The average Bonchev–Trinajstić information content (AvgIpc) is 2.92. The molecule has 0 spiro atoms. The van der Waals surface area contributed by atoms with Crippen molar-refractivity contribution in [1.82, 2.24) is 19.9 Å². The minimum Gasteiger partial charge on any atom is -0.344 e. The predicted molar refractivity (Wildman–Crippen MR) is 90.7 cm³/mol. The van der Waals surface area contributed by atoms with Gasteiger partial charge in [-0.3, -0.25) is 14.7 Å². The van der Waals surface area contributed by atoms with Gasteiger partial charge in [0.2, 0.25) is 11.1 Å². The van der Waals surface area contributed by atoms with E-state index < -0.39 is 0 Å². The van der Waals surface area contributed by atoms with Crippen LogP contribution in [0, 0.1) is 6.92 Å². The molecule has 1 fully saturated rings. The molecule has 3 heterocycles. The van der Waals surface area contributed by atoms with Crippen LogP contribution in [0.4, 0.5) is 0 Å². The third-order valence-corrected chi connectivity index (χ3v) is 4.70. The summed E-state index contributed by atoms with van der Waals surface area (Å²) in [5.74, 6) is 0.162. The predicted octanol–water partition coefficient (Wildman–Crippen LogP) is 2.31. The number of carbonyl (C=O) groups is 1. The molecule has 0 radical (unpaired) electrons. The number of aryl methyl sites for hydroxylation is 1. The minimum atomic E-state index is 0.162. The van der Waals surface area contributed by atoms with Gasteiger partial charge in [-0.2, -0.15) is 0 Å². The summed E-state index contributed by atoms with van der Waals surface area (Å²) in [6, 6.07) is 4.06. The summed E-state index contributed by atoms with van der Waals surface area (Å²) >= 11 is 5.95. The lowest BCUT2D eigenvalue weighted by Gasteiger charge is -2.34. The van der Waals surface area contributed by atoms with E-state index in [4.69, 9.17) is 16.1 Å². The molecule has 1 saturated heterocycles. The number of halogens is 1. The molecule has 0 aliphatic carbocycles. The summed E-state index contributed by atoms with van der Waals surface area (Å²) < 4.78 is 4.92. The standard InChI is InChI=1S/C17H21ClN4O2/c1-13-15(17(18)24-20-13)2-3-16(23)22-10-8-21(9-11-22)12-14-4-6-19-7-5-14/h4-7H,2-3,8-12H2,1H3. The zero-order valence-corrected chi connectivity index (χ0v) is 14.5. The van der Waals surface area contributed by atoms with Crippen molar-refractivity contribution in [1.29, 1.82) is 0 Å². The zero-order chi connectivity index (χ0) is 16.9. The summed E-state index contributed by atoms with van der Waals surface area (Å²) in [6.45, 7) is 6.05. The Hall–Kier alpha value is -1.92. The monoisotopic (exact) mass is 348 g/mol. The molecule has 2 aromatic rings. The normalized spacial score (nSPS) is 15.7. The largest absolute Gasteiger partial charge is 0.344 e. The maximum Gasteiger partial charge on any atom is 0.229 e. The second kappa shape index (κ2) is 7.77. The maximum absolute atomic E-state index is 12.4. The van der Waals surface area contributed by atoms with Crippen LogP contribution in [-0.4, -0.2) is 52.0 Å². The topological polar surface area (TPSA) is 62.5 Å². The first kappa shape index (κ1) is 16.9. The molecule has 128 valence electrons. The van der Waals surface area contributed by atoms with E-state index in [1.54, 1.807) is 0 Å². The number of amides is 1. The highest BCUT2D eigenvalue weighted by atomic mass is 35.5. The van der Waals surface area contributed by atoms with Gasteiger partial charge in [-0.1, -0.05) is 5.16 Å². The van der Waals surface area contributed by atoms with Gasteiger partial charge >= 0.3 is 0 Å². The molecule has 0 aromatic carbocycles. The Bertz CT molecular complexity index is 662. The lowest BCUT2D eigenvalue weighted by molar-refractivity contribution is -0.133. The molecule has 0 saturated carbocycles. The summed E-state index contributed by atoms with van der Waals surface area (Å²) in [6.07, 6.45) is 4.64. The number of nitrogens with zero attached hydrogens (tertiary/aromatic N) is 4. The summed E-state index contributed by atoms with van der Waals surface area (Å²) in [4.78, 5) is 20.7. The quantitative estimate of drug-likeness (QED) is 0.829. The number of hydrogen-bond donors (Lipinski definition) is 0. The second-order valence-electron chi connectivity index (χ2n) is 6.03. The molecule has 2 aromatic heterocycles. The molecule has 0 N–H and O–H groups in total. The third-order valence-electron chi connectivity index (χ3n) is 4.41. The Morgan fingerprint density at radius 2 is 1.96 bits per heavy atom. The lowest BCUT2D eigenvalue weighted by Crippen LogP contribution is -2.48. The van der Waals surface area contributed by atoms with E-state index >= 15 is 0 Å². The van der Waals surface area contributed by atoms with Crippen LogP contribution < -0.4 is 0 Å². The fraction of sp³-hybridized carbons (Fsp3) is 0.471. The van der Waals surface area contributed by atoms with Gasteiger partial charge in [0.25, 0.3) is 0 Å². The van der Waals surface area contributed by atoms with Gasteiger partial charge in [0, 0.05) is 57.1 Å². The molecule has 0 atom stereocenters. The Morgan fingerprint density at radius 1 is 1.25 bits per heavy atom. The van der Waals surface area contributed by atoms with Gasteiger partial charge in [-0.15, -0.1) is 0 Å². The number of rotatable bonds is 5. The van der Waals surface area contributed by atoms with Crippen LogP contribution in [-0.2, 0) is 17.8 Å². The first-order valence-electron chi connectivity index (χ1n) is 8.13. The van der Waals surface area contributed by atoms with E-state index in [1.807, 2.05) is 36.4 Å². The third kappa shape index (κ3) is 4.13. The number of aromatic nitrogens is 2. The van der Waals surface area contributed by atoms with Crippen LogP contribution in [0.3, 0.4) is 0 Å². The molecule has 24 heavy (non-hydrogen) atoms. The second-order valence-corrected chi connectivity index (χ2v) is 6.38. The first-order chi connectivity index (χ1) is 11.6. The highest BCUT2D eigenvalue weighted by Crippen LogP contribution is 2.21. The van der Waals surface area contributed by atoms with Crippen molar-refractivity contribution in [3.05, 3.63) is 46.6 Å². The van der Waals surface area contributed by atoms with Crippen molar-refractivity contribution in [3.63, 3.8) is 0 Å². The van der Waals surface area contributed by atoms with Gasteiger partial charge in [0.15, 0.2) is 0 Å². The van der Waals surface area contributed by atoms with Gasteiger partial charge in [-0.05, 0) is 42.6 Å². The van der Waals surface area contributed by atoms with Crippen molar-refractivity contribution in [2.75, 3.05) is 26.2 Å². The minimum absolute atomic E-state index is 0.162. The maximum atomic E-state index is 12.4. The van der Waals surface area contributed by atoms with E-state index in [-0.39, 0.29) is 5.91 Å². The molecule has 6 nitrogen and oxygen atoms in total. The van der Waals surface area contributed by atoms with E-state index in [9.17, 15) is 4.79 Å². The van der Waals surface area contributed by atoms with Crippen LogP contribution in [0.2, 0.25) is 5.22 Å². The Morgan fingerprint density at radius 3 is 2.58 bits per heavy atom. The van der Waals surface area contributed by atoms with Gasteiger partial charge < -0.3 is 9.42 Å². The number of carbonyl (C=O) groups excluding carboxylic acids is 1. The number of hydrogen-bond acceptors (Lipinski definition) is 5. The highest BCUT2D eigenvalue weighted by molar-refractivity contribution is 6.29. The zero-order valence-electron chi connectivity index (χ0n) is 13.7. The molecular weight excluding hydrogens is 328 g/mol. The summed E-state index contributed by atoms with van der Waals surface area (Å²) in [7, 11) is 0. The molecule has 1 aliphatic rings. The molecule has 1 amide bonds. The number of piperazine rings is 1. The average molecular weight is 349 g/mol. The fourth-order valence-corrected chi connectivity index (χ4v) is 3.20. The highest BCUT2D eigenvalue weighted by Gasteiger charge is 2.22. The lowest BCUT2D eigenvalue weighted by atomic mass is 10.1. The van der Waals surface area contributed by atoms with Crippen LogP contribution in [0.1, 0.15) is 23.2 Å². The Balaban J connectivity index is 1.45. The van der Waals surface area contributed by atoms with Gasteiger partial charge in [0.1, 0.15) is 0 Å². The van der Waals surface area contributed by atoms with Crippen molar-refractivity contribution < 1.29 is 9.32 Å². The van der Waals surface area contributed by atoms with Gasteiger partial charge in [-0.25, -0.2) is 0 Å². The van der Waals surface area contributed by atoms with E-state index in [1.165, 1.54) is 5.56 Å². The van der Waals surface area contributed by atoms with Gasteiger partial charge in [0.05, 0.1) is 5.69 Å². The van der Waals surface area contributed by atoms with Crippen molar-refractivity contribution in [3.8, 4) is 0 Å². The van der Waals surface area contributed by atoms with Crippen LogP contribution >= 0.6 is 11.6 Å². The summed E-state index contributed by atoms with van der Waals surface area (Å²) in [5, 5.41) is 4.11. The molecular formula is C17H21ClN4O2. The molecule has 0 bridgehead atoms. The molecule has 1 aliphatic heterocycles. The molecule has 0 unspecified atom stereocenters. The van der Waals surface area contributed by atoms with Crippen molar-refractivity contribution >= 4 is 17.5 Å². The molecule has 7 heteroatoms. The Kier molecular flexibility index (Phi) is 5.48. The molecule has 3 rings (SSSR count). The van der Waals surface area contributed by atoms with Crippen LogP contribution in [0.5, 0.6) is 0 Å². The van der Waals surface area contributed by atoms with Crippen LogP contribution in [0.15, 0.2) is 29.0 Å².